The van der Waals surface area contributed by atoms with Crippen LogP contribution in [0.25, 0.3) is 83.5 Å². The third kappa shape index (κ3) is 5.65. The molecule has 64 heavy (non-hydrogen) atoms. The summed E-state index contributed by atoms with van der Waals surface area (Å²) in [6.07, 6.45) is 5.37. The van der Waals surface area contributed by atoms with Gasteiger partial charge in [0.15, 0.2) is 0 Å². The van der Waals surface area contributed by atoms with Crippen molar-refractivity contribution >= 4 is 38.8 Å². The second kappa shape index (κ2) is 15.1. The molecule has 2 nitrogen and oxygen atoms in total. The van der Waals surface area contributed by atoms with Crippen LogP contribution >= 0.6 is 0 Å². The fourth-order valence-corrected chi connectivity index (χ4v) is 11.0. The molecule has 0 N–H and O–H groups in total. The Kier molecular flexibility index (Phi) is 8.95. The van der Waals surface area contributed by atoms with Crippen LogP contribution in [0.3, 0.4) is 0 Å². The molecule has 2 aromatic heterocycles. The van der Waals surface area contributed by atoms with Gasteiger partial charge in [0.25, 0.3) is 0 Å². The largest absolute Gasteiger partial charge is 0.310 e. The fraction of sp³-hybridized carbons (Fsp3) is 0.0645. The Labute approximate surface area is 374 Å². The van der Waals surface area contributed by atoms with Gasteiger partial charge in [-0.25, -0.2) is 0 Å². The predicted molar refractivity (Wildman–Crippen MR) is 270 cm³/mol. The molecule has 0 saturated heterocycles. The molecule has 1 aliphatic rings. The van der Waals surface area contributed by atoms with E-state index in [1.165, 1.54) is 105 Å². The first-order valence-electron chi connectivity index (χ1n) is 22.5. The van der Waals surface area contributed by atoms with Gasteiger partial charge >= 0.3 is 0 Å². The summed E-state index contributed by atoms with van der Waals surface area (Å²) >= 11 is 0. The molecule has 0 atom stereocenters. The fourth-order valence-electron chi connectivity index (χ4n) is 11.0. The van der Waals surface area contributed by atoms with Crippen molar-refractivity contribution in [3.63, 3.8) is 0 Å². The van der Waals surface area contributed by atoms with Crippen LogP contribution in [-0.2, 0) is 11.8 Å². The molecule has 0 saturated carbocycles. The second-order valence-electron chi connectivity index (χ2n) is 17.0. The van der Waals surface area contributed by atoms with E-state index in [9.17, 15) is 0 Å². The Morgan fingerprint density at radius 2 is 0.953 bits per heavy atom. The summed E-state index contributed by atoms with van der Waals surface area (Å²) in [5.41, 5.74) is 20.7. The maximum Gasteiger partial charge on any atom is 0.0714 e. The number of allylic oxidation sites excluding steroid dienone is 1. The minimum absolute atomic E-state index is 0.469. The first-order chi connectivity index (χ1) is 31.7. The van der Waals surface area contributed by atoms with Gasteiger partial charge in [0.05, 0.1) is 22.0 Å². The number of aromatic nitrogens is 2. The summed E-state index contributed by atoms with van der Waals surface area (Å²) in [4.78, 5) is 0. The molecule has 1 aliphatic carbocycles. The highest BCUT2D eigenvalue weighted by atomic mass is 15.0. The molecule has 0 bridgehead atoms. The van der Waals surface area contributed by atoms with Crippen LogP contribution in [0.15, 0.2) is 224 Å². The number of hydrogen-bond donors (Lipinski definition) is 0. The monoisotopic (exact) mass is 818 g/mol. The molecule has 2 heteroatoms. The van der Waals surface area contributed by atoms with Gasteiger partial charge in [-0.05, 0) is 135 Å². The molecule has 9 aromatic carbocycles. The molecule has 0 radical (unpaired) electrons. The first kappa shape index (κ1) is 37.8. The van der Waals surface area contributed by atoms with E-state index >= 15 is 0 Å². The Hall–Kier alpha value is -7.94. The van der Waals surface area contributed by atoms with E-state index in [1.54, 1.807) is 0 Å². The third-order valence-corrected chi connectivity index (χ3v) is 13.7. The average molecular weight is 819 g/mol. The molecular formula is C62H46N2. The molecule has 0 amide bonds. The van der Waals surface area contributed by atoms with Gasteiger partial charge in [0.2, 0.25) is 0 Å². The van der Waals surface area contributed by atoms with Gasteiger partial charge in [0.1, 0.15) is 0 Å². The Bertz CT molecular complexity index is 3540. The molecule has 0 aliphatic heterocycles. The zero-order valence-corrected chi connectivity index (χ0v) is 36.0. The predicted octanol–water partition coefficient (Wildman–Crippen LogP) is 16.0. The van der Waals surface area contributed by atoms with Crippen LogP contribution in [-0.4, -0.2) is 9.13 Å². The quantitative estimate of drug-likeness (QED) is 0.145. The van der Waals surface area contributed by atoms with Crippen LogP contribution in [0.4, 0.5) is 0 Å². The van der Waals surface area contributed by atoms with Gasteiger partial charge in [-0.3, -0.25) is 0 Å². The number of nitrogens with zero attached hydrogens (tertiary/aromatic N) is 2. The summed E-state index contributed by atoms with van der Waals surface area (Å²) < 4.78 is 4.90. The molecule has 11 aromatic rings. The Morgan fingerprint density at radius 1 is 0.406 bits per heavy atom. The van der Waals surface area contributed by atoms with Crippen LogP contribution in [0.5, 0.6) is 0 Å². The summed E-state index contributed by atoms with van der Waals surface area (Å²) in [6.45, 7) is 4.39. The third-order valence-electron chi connectivity index (χ3n) is 13.7. The lowest BCUT2D eigenvalue weighted by atomic mass is 9.67. The van der Waals surface area contributed by atoms with Gasteiger partial charge in [-0.2, -0.15) is 0 Å². The van der Waals surface area contributed by atoms with E-state index in [2.05, 4.69) is 254 Å². The number of benzene rings is 9. The average Bonchev–Trinajstić information content (AvgIpc) is 3.98. The number of fused-ring (bicyclic) bond motifs is 7. The van der Waals surface area contributed by atoms with Crippen molar-refractivity contribution in [3.05, 3.63) is 258 Å². The van der Waals surface area contributed by atoms with Crippen molar-refractivity contribution < 1.29 is 0 Å². The first-order valence-corrected chi connectivity index (χ1v) is 22.5. The topological polar surface area (TPSA) is 9.86 Å². The normalized spacial score (nSPS) is 13.0. The maximum absolute atomic E-state index is 2.47. The van der Waals surface area contributed by atoms with E-state index in [-0.39, 0.29) is 0 Å². The van der Waals surface area contributed by atoms with Gasteiger partial charge < -0.3 is 9.13 Å². The zero-order chi connectivity index (χ0) is 42.8. The van der Waals surface area contributed by atoms with Crippen LogP contribution < -0.4 is 0 Å². The SMILES string of the molecule is C/C=C\c1c(CC)c2cc(-c3ccc4c(c3)c3ccccc3n4-c3cccc(C4(c5ccccc5)c5ccccc5-c5ccccc54)c3)ccc2n1-c1ccc(-c2ccccc2)cc1. The summed E-state index contributed by atoms with van der Waals surface area (Å²) in [6, 6.07) is 80.9. The lowest BCUT2D eigenvalue weighted by Gasteiger charge is -2.34. The standard InChI is InChI=1S/C62H46N2/c1-3-18-58-50(4-2)54-39-44(33-37-60(54)63(58)48-35-31-43(32-36-48)42-19-7-5-8-20-42)45-34-38-61-55(40-45)53-27-13-16-30-59(53)64(61)49-24-17-23-47(41-49)62(46-21-9-6-10-22-46)56-28-14-11-25-51(56)52-26-12-15-29-57(52)62/h3,5-41H,4H2,1-2H3/b18-3-. The van der Waals surface area contributed by atoms with E-state index < -0.39 is 5.41 Å². The maximum atomic E-state index is 2.47. The van der Waals surface area contributed by atoms with E-state index in [0.29, 0.717) is 0 Å². The molecule has 304 valence electrons. The van der Waals surface area contributed by atoms with Crippen LogP contribution in [0, 0.1) is 0 Å². The number of rotatable bonds is 8. The second-order valence-corrected chi connectivity index (χ2v) is 17.0. The van der Waals surface area contributed by atoms with Crippen molar-refractivity contribution in [2.75, 3.05) is 0 Å². The lowest BCUT2D eigenvalue weighted by Crippen LogP contribution is -2.28. The van der Waals surface area contributed by atoms with Gasteiger partial charge in [-0.1, -0.05) is 177 Å². The smallest absolute Gasteiger partial charge is 0.0714 e. The number of hydrogen-bond acceptors (Lipinski definition) is 0. The van der Waals surface area contributed by atoms with Crippen molar-refractivity contribution in [1.82, 2.24) is 9.13 Å². The minimum Gasteiger partial charge on any atom is -0.310 e. The summed E-state index contributed by atoms with van der Waals surface area (Å²) in [5.74, 6) is 0. The number of aryl methyl sites for hydroxylation is 1. The minimum atomic E-state index is -0.469. The highest BCUT2D eigenvalue weighted by Crippen LogP contribution is 2.56. The van der Waals surface area contributed by atoms with Crippen LogP contribution in [0.2, 0.25) is 0 Å². The molecular weight excluding hydrogens is 773 g/mol. The molecule has 0 unspecified atom stereocenters. The Morgan fingerprint density at radius 3 is 1.64 bits per heavy atom. The highest BCUT2D eigenvalue weighted by molar-refractivity contribution is 6.10. The number of para-hydroxylation sites is 1. The summed E-state index contributed by atoms with van der Waals surface area (Å²) in [5, 5.41) is 3.78. The molecule has 0 fully saturated rings. The van der Waals surface area contributed by atoms with Crippen molar-refractivity contribution in [2.45, 2.75) is 25.7 Å². The molecule has 12 rings (SSSR count). The van der Waals surface area contributed by atoms with Crippen molar-refractivity contribution in [2.24, 2.45) is 0 Å². The van der Waals surface area contributed by atoms with E-state index in [1.807, 2.05) is 0 Å². The van der Waals surface area contributed by atoms with Crippen molar-refractivity contribution in [3.8, 4) is 44.8 Å². The van der Waals surface area contributed by atoms with E-state index in [4.69, 9.17) is 0 Å². The summed E-state index contributed by atoms with van der Waals surface area (Å²) in [7, 11) is 0. The van der Waals surface area contributed by atoms with Crippen molar-refractivity contribution in [1.29, 1.82) is 0 Å². The lowest BCUT2D eigenvalue weighted by molar-refractivity contribution is 0.767. The highest BCUT2D eigenvalue weighted by Gasteiger charge is 2.46. The van der Waals surface area contributed by atoms with Gasteiger partial charge in [-0.15, -0.1) is 0 Å². The van der Waals surface area contributed by atoms with Crippen LogP contribution in [0.1, 0.15) is 47.4 Å². The molecule has 2 heterocycles. The molecule has 0 spiro atoms. The Balaban J connectivity index is 1.00. The zero-order valence-electron chi connectivity index (χ0n) is 36.0. The van der Waals surface area contributed by atoms with E-state index in [0.717, 1.165) is 12.1 Å². The van der Waals surface area contributed by atoms with Gasteiger partial charge in [0, 0.05) is 33.2 Å².